The fourth-order valence-electron chi connectivity index (χ4n) is 2.48. The van der Waals surface area contributed by atoms with Gasteiger partial charge in [0.15, 0.2) is 0 Å². The minimum absolute atomic E-state index is 0.112. The van der Waals surface area contributed by atoms with Gasteiger partial charge < -0.3 is 15.0 Å². The Morgan fingerprint density at radius 2 is 2.18 bits per heavy atom. The number of aryl methyl sites for hydroxylation is 1. The zero-order valence-electron chi connectivity index (χ0n) is 13.3. The van der Waals surface area contributed by atoms with Gasteiger partial charge in [-0.25, -0.2) is 4.98 Å². The van der Waals surface area contributed by atoms with Crippen LogP contribution in [0.15, 0.2) is 30.5 Å². The highest BCUT2D eigenvalue weighted by Gasteiger charge is 2.17. The van der Waals surface area contributed by atoms with Gasteiger partial charge in [-0.1, -0.05) is 13.0 Å². The van der Waals surface area contributed by atoms with Crippen LogP contribution >= 0.6 is 0 Å². The molecule has 0 fully saturated rings. The second-order valence-corrected chi connectivity index (χ2v) is 5.41. The number of hydrogen-bond donors (Lipinski definition) is 2. The van der Waals surface area contributed by atoms with Crippen LogP contribution in [0, 0.1) is 13.8 Å². The molecular formula is C17H23N3O2. The van der Waals surface area contributed by atoms with Gasteiger partial charge in [0, 0.05) is 24.1 Å². The minimum Gasteiger partial charge on any atom is -0.393 e. The number of aliphatic hydroxyl groups is 1. The number of carbonyl (C=O) groups excluding carboxylic acids is 1. The molecule has 22 heavy (non-hydrogen) atoms. The van der Waals surface area contributed by atoms with E-state index in [1.54, 1.807) is 6.20 Å². The first-order chi connectivity index (χ1) is 10.5. The summed E-state index contributed by atoms with van der Waals surface area (Å²) < 4.78 is 1.97. The van der Waals surface area contributed by atoms with Crippen LogP contribution in [-0.4, -0.2) is 33.2 Å². The number of nitrogens with zero attached hydrogens (tertiary/aromatic N) is 2. The lowest BCUT2D eigenvalue weighted by molar-refractivity contribution is 0.0941. The highest BCUT2D eigenvalue weighted by molar-refractivity contribution is 5.95. The predicted octanol–water partition coefficient (Wildman–Crippen LogP) is 2.38. The standard InChI is InChI=1S/C17H23N3O2/c1-4-14(21)8-10-19-17(22)15-11-12(2)20(13(15)3)16-7-5-6-9-18-16/h5-7,9,11,14,21H,4,8,10H2,1-3H3,(H,19,22). The third-order valence-electron chi connectivity index (χ3n) is 3.79. The number of amides is 1. The zero-order chi connectivity index (χ0) is 16.1. The molecule has 2 aromatic heterocycles. The molecule has 0 aliphatic carbocycles. The number of pyridine rings is 1. The fraction of sp³-hybridized carbons (Fsp3) is 0.412. The Labute approximate surface area is 131 Å². The molecule has 2 rings (SSSR count). The molecule has 2 N–H and O–H groups in total. The SMILES string of the molecule is CCC(O)CCNC(=O)c1cc(C)n(-c2ccccn2)c1C. The molecule has 0 bridgehead atoms. The first-order valence-electron chi connectivity index (χ1n) is 7.61. The van der Waals surface area contributed by atoms with Gasteiger partial charge in [-0.2, -0.15) is 0 Å². The molecular weight excluding hydrogens is 278 g/mol. The average Bonchev–Trinajstić information content (AvgIpc) is 2.82. The molecule has 1 unspecified atom stereocenters. The van der Waals surface area contributed by atoms with Crippen molar-refractivity contribution in [1.82, 2.24) is 14.9 Å². The maximum Gasteiger partial charge on any atom is 0.253 e. The summed E-state index contributed by atoms with van der Waals surface area (Å²) in [6.07, 6.45) is 2.65. The Bertz CT molecular complexity index is 635. The van der Waals surface area contributed by atoms with Gasteiger partial charge in [-0.3, -0.25) is 4.79 Å². The van der Waals surface area contributed by atoms with Crippen molar-refractivity contribution in [3.05, 3.63) is 47.4 Å². The number of carbonyl (C=O) groups is 1. The minimum atomic E-state index is -0.360. The maximum absolute atomic E-state index is 12.3. The van der Waals surface area contributed by atoms with Crippen LogP contribution in [-0.2, 0) is 0 Å². The van der Waals surface area contributed by atoms with E-state index >= 15 is 0 Å². The van der Waals surface area contributed by atoms with Gasteiger partial charge in [0.05, 0.1) is 11.7 Å². The molecule has 0 aliphatic heterocycles. The van der Waals surface area contributed by atoms with E-state index in [2.05, 4.69) is 10.3 Å². The van der Waals surface area contributed by atoms with Crippen molar-refractivity contribution >= 4 is 5.91 Å². The van der Waals surface area contributed by atoms with Crippen LogP contribution in [0.25, 0.3) is 5.82 Å². The first kappa shape index (κ1) is 16.2. The Morgan fingerprint density at radius 1 is 1.41 bits per heavy atom. The summed E-state index contributed by atoms with van der Waals surface area (Å²) >= 11 is 0. The number of rotatable bonds is 6. The van der Waals surface area contributed by atoms with Crippen molar-refractivity contribution < 1.29 is 9.90 Å². The van der Waals surface area contributed by atoms with Crippen molar-refractivity contribution in [2.24, 2.45) is 0 Å². The van der Waals surface area contributed by atoms with E-state index in [9.17, 15) is 9.90 Å². The van der Waals surface area contributed by atoms with Gasteiger partial charge >= 0.3 is 0 Å². The van der Waals surface area contributed by atoms with Crippen molar-refractivity contribution in [1.29, 1.82) is 0 Å². The van der Waals surface area contributed by atoms with Crippen LogP contribution in [0.1, 0.15) is 41.5 Å². The third kappa shape index (κ3) is 3.54. The molecule has 1 amide bonds. The molecule has 5 heteroatoms. The summed E-state index contributed by atoms with van der Waals surface area (Å²) in [5.74, 6) is 0.691. The summed E-state index contributed by atoms with van der Waals surface area (Å²) in [6, 6.07) is 7.58. The largest absolute Gasteiger partial charge is 0.393 e. The van der Waals surface area contributed by atoms with Gasteiger partial charge in [-0.15, -0.1) is 0 Å². The molecule has 0 saturated carbocycles. The van der Waals surface area contributed by atoms with Gasteiger partial charge in [-0.05, 0) is 44.9 Å². The number of nitrogens with one attached hydrogen (secondary N) is 1. The van der Waals surface area contributed by atoms with E-state index in [1.165, 1.54) is 0 Å². The maximum atomic E-state index is 12.3. The van der Waals surface area contributed by atoms with Crippen LogP contribution in [0.4, 0.5) is 0 Å². The lowest BCUT2D eigenvalue weighted by Gasteiger charge is -2.10. The predicted molar refractivity (Wildman–Crippen MR) is 86.3 cm³/mol. The molecule has 2 heterocycles. The van der Waals surface area contributed by atoms with E-state index in [-0.39, 0.29) is 12.0 Å². The van der Waals surface area contributed by atoms with E-state index in [0.717, 1.165) is 17.2 Å². The lowest BCUT2D eigenvalue weighted by Crippen LogP contribution is -2.27. The van der Waals surface area contributed by atoms with E-state index < -0.39 is 0 Å². The highest BCUT2D eigenvalue weighted by atomic mass is 16.3. The van der Waals surface area contributed by atoms with Crippen LogP contribution < -0.4 is 5.32 Å². The summed E-state index contributed by atoms with van der Waals surface area (Å²) in [5, 5.41) is 12.4. The molecule has 0 aliphatic rings. The van der Waals surface area contributed by atoms with E-state index in [1.807, 2.05) is 49.6 Å². The quantitative estimate of drug-likeness (QED) is 0.861. The highest BCUT2D eigenvalue weighted by Crippen LogP contribution is 2.19. The monoisotopic (exact) mass is 301 g/mol. The molecule has 2 aromatic rings. The van der Waals surface area contributed by atoms with Gasteiger partial charge in [0.1, 0.15) is 5.82 Å². The van der Waals surface area contributed by atoms with Gasteiger partial charge in [0.25, 0.3) is 5.91 Å². The number of hydrogen-bond acceptors (Lipinski definition) is 3. The van der Waals surface area contributed by atoms with E-state index in [4.69, 9.17) is 0 Å². The lowest BCUT2D eigenvalue weighted by atomic mass is 10.2. The van der Waals surface area contributed by atoms with Gasteiger partial charge in [0.2, 0.25) is 0 Å². The molecule has 0 saturated heterocycles. The topological polar surface area (TPSA) is 67.2 Å². The first-order valence-corrected chi connectivity index (χ1v) is 7.61. The Hall–Kier alpha value is -2.14. The normalized spacial score (nSPS) is 12.2. The van der Waals surface area contributed by atoms with E-state index in [0.29, 0.717) is 24.9 Å². The molecule has 1 atom stereocenters. The van der Waals surface area contributed by atoms with Crippen LogP contribution in [0.5, 0.6) is 0 Å². The molecule has 0 spiro atoms. The Kier molecular flexibility index (Phi) is 5.33. The van der Waals surface area contributed by atoms with Crippen molar-refractivity contribution in [3.63, 3.8) is 0 Å². The molecule has 0 radical (unpaired) electrons. The second-order valence-electron chi connectivity index (χ2n) is 5.41. The fourth-order valence-corrected chi connectivity index (χ4v) is 2.48. The van der Waals surface area contributed by atoms with Crippen LogP contribution in [0.2, 0.25) is 0 Å². The summed E-state index contributed by atoms with van der Waals surface area (Å²) in [5.41, 5.74) is 2.48. The Balaban J connectivity index is 2.14. The summed E-state index contributed by atoms with van der Waals surface area (Å²) in [7, 11) is 0. The molecule has 5 nitrogen and oxygen atoms in total. The summed E-state index contributed by atoms with van der Waals surface area (Å²) in [6.45, 7) is 6.27. The molecule has 118 valence electrons. The van der Waals surface area contributed by atoms with Crippen molar-refractivity contribution in [2.45, 2.75) is 39.7 Å². The average molecular weight is 301 g/mol. The number of aliphatic hydroxyl groups excluding tert-OH is 1. The smallest absolute Gasteiger partial charge is 0.253 e. The van der Waals surface area contributed by atoms with Crippen molar-refractivity contribution in [2.75, 3.05) is 6.54 Å². The zero-order valence-corrected chi connectivity index (χ0v) is 13.3. The van der Waals surface area contributed by atoms with Crippen molar-refractivity contribution in [3.8, 4) is 5.82 Å². The molecule has 0 aromatic carbocycles. The van der Waals surface area contributed by atoms with Crippen LogP contribution in [0.3, 0.4) is 0 Å². The second kappa shape index (κ2) is 7.22. The summed E-state index contributed by atoms with van der Waals surface area (Å²) in [4.78, 5) is 16.6. The Morgan fingerprint density at radius 3 is 2.82 bits per heavy atom. The third-order valence-corrected chi connectivity index (χ3v) is 3.79. The number of aromatic nitrogens is 2.